The van der Waals surface area contributed by atoms with Gasteiger partial charge in [-0.1, -0.05) is 18.2 Å². The van der Waals surface area contributed by atoms with Crippen LogP contribution in [0.3, 0.4) is 0 Å². The molecular formula is C16H18BNO4. The van der Waals surface area contributed by atoms with Gasteiger partial charge in [-0.05, 0) is 50.0 Å². The van der Waals surface area contributed by atoms with E-state index < -0.39 is 24.3 Å². The van der Waals surface area contributed by atoms with Crippen LogP contribution in [0.1, 0.15) is 38.2 Å². The van der Waals surface area contributed by atoms with E-state index in [2.05, 4.69) is 4.98 Å². The number of rotatable bonds is 2. The first-order valence-corrected chi connectivity index (χ1v) is 7.19. The van der Waals surface area contributed by atoms with Crippen molar-refractivity contribution in [1.29, 1.82) is 0 Å². The number of carboxylic acid groups (broad SMARTS) is 1. The third-order valence-electron chi connectivity index (χ3n) is 4.52. The minimum atomic E-state index is -1.04. The van der Waals surface area contributed by atoms with Crippen LogP contribution >= 0.6 is 0 Å². The Morgan fingerprint density at radius 1 is 1.18 bits per heavy atom. The van der Waals surface area contributed by atoms with E-state index in [0.29, 0.717) is 0 Å². The van der Waals surface area contributed by atoms with Crippen molar-refractivity contribution in [2.75, 3.05) is 0 Å². The number of carboxylic acids is 1. The fourth-order valence-corrected chi connectivity index (χ4v) is 2.49. The van der Waals surface area contributed by atoms with Crippen molar-refractivity contribution in [3.8, 4) is 0 Å². The van der Waals surface area contributed by atoms with E-state index in [0.717, 1.165) is 16.2 Å². The number of aromatic carboxylic acids is 1. The Morgan fingerprint density at radius 3 is 2.41 bits per heavy atom. The van der Waals surface area contributed by atoms with Gasteiger partial charge in [0.15, 0.2) is 0 Å². The van der Waals surface area contributed by atoms with Crippen molar-refractivity contribution >= 4 is 29.3 Å². The smallest absolute Gasteiger partial charge is 0.477 e. The Hall–Kier alpha value is -1.92. The normalized spacial score (nSPS) is 19.5. The molecule has 6 heteroatoms. The molecule has 5 nitrogen and oxygen atoms in total. The molecule has 114 valence electrons. The number of carbonyl (C=O) groups is 1. The first-order chi connectivity index (χ1) is 10.2. The Morgan fingerprint density at radius 2 is 1.82 bits per heavy atom. The summed E-state index contributed by atoms with van der Waals surface area (Å²) >= 11 is 0. The van der Waals surface area contributed by atoms with E-state index >= 15 is 0 Å². The number of benzene rings is 1. The summed E-state index contributed by atoms with van der Waals surface area (Å²) in [5.74, 6) is -1.04. The average Bonchev–Trinajstić information content (AvgIpc) is 2.66. The Balaban J connectivity index is 2.07. The molecule has 0 aliphatic carbocycles. The van der Waals surface area contributed by atoms with Crippen molar-refractivity contribution in [2.45, 2.75) is 38.9 Å². The molecule has 22 heavy (non-hydrogen) atoms. The molecule has 1 aromatic carbocycles. The predicted octanol–water partition coefficient (Wildman–Crippen LogP) is 2.23. The maximum atomic E-state index is 11.0. The molecule has 1 aliphatic heterocycles. The molecule has 0 saturated carbocycles. The third kappa shape index (κ3) is 2.28. The summed E-state index contributed by atoms with van der Waals surface area (Å²) in [4.78, 5) is 15.0. The summed E-state index contributed by atoms with van der Waals surface area (Å²) in [6.07, 6.45) is 1.57. The van der Waals surface area contributed by atoms with Crippen LogP contribution in [0.5, 0.6) is 0 Å². The number of hydrogen-bond donors (Lipinski definition) is 1. The molecule has 0 bridgehead atoms. The second kappa shape index (κ2) is 4.79. The molecule has 0 amide bonds. The summed E-state index contributed by atoms with van der Waals surface area (Å²) in [5, 5.41) is 10.7. The van der Waals surface area contributed by atoms with Crippen molar-refractivity contribution in [1.82, 2.24) is 4.98 Å². The molecule has 2 aromatic rings. The number of nitrogens with zero attached hydrogens (tertiary/aromatic N) is 1. The number of fused-ring (bicyclic) bond motifs is 1. The maximum absolute atomic E-state index is 11.0. The van der Waals surface area contributed by atoms with Crippen LogP contribution in [0.15, 0.2) is 30.5 Å². The quantitative estimate of drug-likeness (QED) is 0.861. The lowest BCUT2D eigenvalue weighted by Crippen LogP contribution is -2.41. The first kappa shape index (κ1) is 15.0. The zero-order chi connectivity index (χ0) is 16.1. The molecule has 1 fully saturated rings. The Bertz CT molecular complexity index is 741. The molecule has 0 spiro atoms. The van der Waals surface area contributed by atoms with Gasteiger partial charge in [0.05, 0.1) is 11.2 Å². The molecule has 1 saturated heterocycles. The lowest BCUT2D eigenvalue weighted by Gasteiger charge is -2.32. The average molecular weight is 299 g/mol. The zero-order valence-electron chi connectivity index (χ0n) is 13.1. The van der Waals surface area contributed by atoms with Gasteiger partial charge < -0.3 is 14.4 Å². The van der Waals surface area contributed by atoms with E-state index in [4.69, 9.17) is 14.4 Å². The molecule has 3 rings (SSSR count). The van der Waals surface area contributed by atoms with Crippen LogP contribution in [0, 0.1) is 0 Å². The number of hydrogen-bond acceptors (Lipinski definition) is 4. The second-order valence-corrected chi connectivity index (χ2v) is 6.53. The fraction of sp³-hybridized carbons (Fsp3) is 0.375. The predicted molar refractivity (Wildman–Crippen MR) is 84.4 cm³/mol. The van der Waals surface area contributed by atoms with Crippen LogP contribution < -0.4 is 5.46 Å². The standard InChI is InChI=1S/C16H18BNO4/c1-15(2)16(3,4)22-17(21-15)12-7-5-6-10-8-13(14(19)20)18-9-11(10)12/h5-9H,1-4H3,(H,19,20). The number of pyridine rings is 1. The van der Waals surface area contributed by atoms with Gasteiger partial charge in [-0.2, -0.15) is 0 Å². The molecule has 1 N–H and O–H groups in total. The summed E-state index contributed by atoms with van der Waals surface area (Å²) in [6.45, 7) is 8.00. The maximum Gasteiger partial charge on any atom is 0.495 e. The van der Waals surface area contributed by atoms with Crippen molar-refractivity contribution in [3.05, 3.63) is 36.2 Å². The van der Waals surface area contributed by atoms with Gasteiger partial charge in [0.1, 0.15) is 5.69 Å². The van der Waals surface area contributed by atoms with Crippen molar-refractivity contribution in [3.63, 3.8) is 0 Å². The highest BCUT2D eigenvalue weighted by molar-refractivity contribution is 6.65. The first-order valence-electron chi connectivity index (χ1n) is 7.19. The van der Waals surface area contributed by atoms with E-state index in [1.807, 2.05) is 45.9 Å². The van der Waals surface area contributed by atoms with Gasteiger partial charge in [-0.15, -0.1) is 0 Å². The SMILES string of the molecule is CC1(C)OB(c2cccc3cc(C(=O)O)ncc23)OC1(C)C. The fourth-order valence-electron chi connectivity index (χ4n) is 2.49. The second-order valence-electron chi connectivity index (χ2n) is 6.53. The Kier molecular flexibility index (Phi) is 3.27. The molecule has 1 aromatic heterocycles. The molecule has 1 aliphatic rings. The van der Waals surface area contributed by atoms with Crippen LogP contribution in [-0.4, -0.2) is 34.4 Å². The van der Waals surface area contributed by atoms with E-state index in [9.17, 15) is 4.79 Å². The van der Waals surface area contributed by atoms with Gasteiger partial charge in [0.2, 0.25) is 0 Å². The molecule has 2 heterocycles. The molecule has 0 unspecified atom stereocenters. The van der Waals surface area contributed by atoms with Crippen molar-refractivity contribution < 1.29 is 19.2 Å². The molecule has 0 atom stereocenters. The minimum Gasteiger partial charge on any atom is -0.477 e. The molecular weight excluding hydrogens is 281 g/mol. The third-order valence-corrected chi connectivity index (χ3v) is 4.52. The summed E-state index contributed by atoms with van der Waals surface area (Å²) in [5.41, 5.74) is 0.0434. The van der Waals surface area contributed by atoms with Crippen LogP contribution in [-0.2, 0) is 9.31 Å². The topological polar surface area (TPSA) is 68.7 Å². The summed E-state index contributed by atoms with van der Waals surface area (Å²) in [6, 6.07) is 7.21. The van der Waals surface area contributed by atoms with E-state index in [1.54, 1.807) is 12.3 Å². The van der Waals surface area contributed by atoms with Gasteiger partial charge in [0.25, 0.3) is 0 Å². The molecule has 0 radical (unpaired) electrons. The van der Waals surface area contributed by atoms with E-state index in [-0.39, 0.29) is 5.69 Å². The van der Waals surface area contributed by atoms with Gasteiger partial charge in [-0.25, -0.2) is 9.78 Å². The summed E-state index contributed by atoms with van der Waals surface area (Å²) in [7, 11) is -0.494. The van der Waals surface area contributed by atoms with Crippen molar-refractivity contribution in [2.24, 2.45) is 0 Å². The summed E-state index contributed by atoms with van der Waals surface area (Å²) < 4.78 is 12.1. The van der Waals surface area contributed by atoms with Gasteiger partial charge >= 0.3 is 13.1 Å². The largest absolute Gasteiger partial charge is 0.495 e. The highest BCUT2D eigenvalue weighted by Crippen LogP contribution is 2.36. The lowest BCUT2D eigenvalue weighted by atomic mass is 9.76. The van der Waals surface area contributed by atoms with Crippen LogP contribution in [0.4, 0.5) is 0 Å². The monoisotopic (exact) mass is 299 g/mol. The van der Waals surface area contributed by atoms with Crippen LogP contribution in [0.2, 0.25) is 0 Å². The highest BCUT2D eigenvalue weighted by Gasteiger charge is 2.52. The lowest BCUT2D eigenvalue weighted by molar-refractivity contribution is 0.00578. The highest BCUT2D eigenvalue weighted by atomic mass is 16.7. The van der Waals surface area contributed by atoms with Gasteiger partial charge in [-0.3, -0.25) is 0 Å². The zero-order valence-corrected chi connectivity index (χ0v) is 13.1. The Labute approximate surface area is 129 Å². The number of aromatic nitrogens is 1. The van der Waals surface area contributed by atoms with E-state index in [1.165, 1.54) is 0 Å². The van der Waals surface area contributed by atoms with Gasteiger partial charge in [0, 0.05) is 6.20 Å². The minimum absolute atomic E-state index is 0.0265. The van der Waals surface area contributed by atoms with Crippen LogP contribution in [0.25, 0.3) is 10.8 Å².